The van der Waals surface area contributed by atoms with Crippen molar-refractivity contribution >= 4 is 35.4 Å². The maximum Gasteiger partial charge on any atom is 0.347 e. The van der Waals surface area contributed by atoms with Gasteiger partial charge in [0.2, 0.25) is 0 Å². The zero-order valence-electron chi connectivity index (χ0n) is 15.0. The van der Waals surface area contributed by atoms with E-state index in [0.29, 0.717) is 16.5 Å². The number of anilines is 2. The van der Waals surface area contributed by atoms with Crippen molar-refractivity contribution in [2.24, 2.45) is 4.99 Å². The molecule has 1 aliphatic heterocycles. The van der Waals surface area contributed by atoms with Crippen LogP contribution in [0, 0.1) is 6.92 Å². The van der Waals surface area contributed by atoms with Gasteiger partial charge in [-0.05, 0) is 55.2 Å². The molecule has 0 radical (unpaired) electrons. The summed E-state index contributed by atoms with van der Waals surface area (Å²) in [5, 5.41) is 1.84. The molecule has 5 nitrogen and oxygen atoms in total. The number of nitrogens with zero attached hydrogens (tertiary/aromatic N) is 3. The first kappa shape index (κ1) is 17.5. The van der Waals surface area contributed by atoms with E-state index in [1.165, 1.54) is 5.56 Å². The third-order valence-corrected chi connectivity index (χ3v) is 4.88. The van der Waals surface area contributed by atoms with Crippen LogP contribution in [-0.4, -0.2) is 16.5 Å². The van der Waals surface area contributed by atoms with Crippen LogP contribution < -0.4 is 21.3 Å². The highest BCUT2D eigenvalue weighted by atomic mass is 35.5. The Morgan fingerprint density at radius 2 is 1.96 bits per heavy atom. The molecule has 0 amide bonds. The van der Waals surface area contributed by atoms with Crippen LogP contribution in [0.4, 0.5) is 17.2 Å². The number of nitrogens with one attached hydrogen (secondary N) is 1. The molecule has 0 fully saturated rings. The topological polar surface area (TPSA) is 61.4 Å². The summed E-state index contributed by atoms with van der Waals surface area (Å²) < 4.78 is 0. The van der Waals surface area contributed by atoms with Gasteiger partial charge in [-0.3, -0.25) is 0 Å². The van der Waals surface area contributed by atoms with Crippen molar-refractivity contribution in [3.05, 3.63) is 79.8 Å². The Balaban J connectivity index is 1.70. The van der Waals surface area contributed by atoms with Crippen LogP contribution in [0.1, 0.15) is 17.5 Å². The monoisotopic (exact) mass is 378 g/mol. The maximum absolute atomic E-state index is 11.9. The number of aryl methyl sites for hydroxylation is 2. The predicted molar refractivity (Wildman–Crippen MR) is 109 cm³/mol. The normalized spacial score (nSPS) is 12.3. The number of aromatic nitrogens is 2. The first-order chi connectivity index (χ1) is 13.0. The molecule has 27 heavy (non-hydrogen) atoms. The van der Waals surface area contributed by atoms with Crippen LogP contribution in [0.3, 0.4) is 0 Å². The highest BCUT2D eigenvalue weighted by molar-refractivity contribution is 6.30. The summed E-state index contributed by atoms with van der Waals surface area (Å²) in [5.41, 5.74) is 3.78. The minimum absolute atomic E-state index is 0.409. The molecule has 0 aliphatic carbocycles. The standard InChI is InChI=1S/C21H19ClN4O/c1-13-5-10-17-18(12-13)26(11-3-4-15-6-8-16(22)9-7-15)20-19(24-17)14(2)23-21(27)25-20/h5-10,12H,2-4,11H2,1H3,(H,23,27). The number of halogens is 1. The van der Waals surface area contributed by atoms with Crippen LogP contribution >= 0.6 is 11.6 Å². The fourth-order valence-electron chi connectivity index (χ4n) is 3.30. The van der Waals surface area contributed by atoms with Crippen molar-refractivity contribution in [3.8, 4) is 0 Å². The van der Waals surface area contributed by atoms with Gasteiger partial charge in [0.05, 0.1) is 16.7 Å². The number of hydrogen-bond donors (Lipinski definition) is 1. The smallest absolute Gasteiger partial charge is 0.322 e. The molecule has 136 valence electrons. The van der Waals surface area contributed by atoms with Crippen LogP contribution in [0.2, 0.25) is 5.02 Å². The van der Waals surface area contributed by atoms with Crippen LogP contribution in [0.25, 0.3) is 6.58 Å². The number of H-pyrrole nitrogens is 1. The molecule has 0 saturated carbocycles. The summed E-state index contributed by atoms with van der Waals surface area (Å²) in [4.78, 5) is 25.5. The van der Waals surface area contributed by atoms with Crippen molar-refractivity contribution < 1.29 is 0 Å². The van der Waals surface area contributed by atoms with E-state index in [2.05, 4.69) is 32.5 Å². The largest absolute Gasteiger partial charge is 0.347 e. The second kappa shape index (κ2) is 7.00. The van der Waals surface area contributed by atoms with Gasteiger partial charge in [0.15, 0.2) is 5.82 Å². The average Bonchev–Trinajstić information content (AvgIpc) is 2.63. The second-order valence-electron chi connectivity index (χ2n) is 6.68. The molecule has 0 bridgehead atoms. The Hall–Kier alpha value is -2.92. The molecule has 4 rings (SSSR count). The van der Waals surface area contributed by atoms with E-state index in [-0.39, 0.29) is 0 Å². The lowest BCUT2D eigenvalue weighted by atomic mass is 10.1. The fourth-order valence-corrected chi connectivity index (χ4v) is 3.43. The summed E-state index contributed by atoms with van der Waals surface area (Å²) >= 11 is 5.96. The first-order valence-electron chi connectivity index (χ1n) is 8.82. The fraction of sp³-hybridized carbons (Fsp3) is 0.190. The summed E-state index contributed by atoms with van der Waals surface area (Å²) in [6, 6.07) is 14.0. The van der Waals surface area contributed by atoms with E-state index in [1.54, 1.807) is 0 Å². The zero-order chi connectivity index (χ0) is 19.0. The van der Waals surface area contributed by atoms with Crippen molar-refractivity contribution in [3.63, 3.8) is 0 Å². The Labute approximate surface area is 161 Å². The molecule has 6 heteroatoms. The molecule has 1 aromatic heterocycles. The maximum atomic E-state index is 11.9. The molecule has 3 aromatic rings. The van der Waals surface area contributed by atoms with Crippen LogP contribution in [0.5, 0.6) is 0 Å². The van der Waals surface area contributed by atoms with E-state index in [1.807, 2.05) is 43.3 Å². The van der Waals surface area contributed by atoms with E-state index >= 15 is 0 Å². The molecule has 0 spiro atoms. The van der Waals surface area contributed by atoms with Crippen LogP contribution in [0.15, 0.2) is 52.3 Å². The molecular formula is C21H19ClN4O. The Bertz CT molecular complexity index is 1170. The molecule has 0 atom stereocenters. The summed E-state index contributed by atoms with van der Waals surface area (Å²) in [7, 11) is 0. The lowest BCUT2D eigenvalue weighted by Crippen LogP contribution is -2.42. The highest BCUT2D eigenvalue weighted by Gasteiger charge is 2.21. The minimum Gasteiger partial charge on any atom is -0.322 e. The SMILES string of the molecule is C=c1[nH]c(=O)nc2c1=Nc1ccc(C)cc1N2CCCc1ccc(Cl)cc1. The Kier molecular flexibility index (Phi) is 4.54. The van der Waals surface area contributed by atoms with Crippen LogP contribution in [-0.2, 0) is 6.42 Å². The number of aromatic amines is 1. The van der Waals surface area contributed by atoms with E-state index in [9.17, 15) is 4.79 Å². The van der Waals surface area contributed by atoms with Gasteiger partial charge < -0.3 is 9.88 Å². The molecule has 1 aliphatic rings. The number of benzene rings is 2. The second-order valence-corrected chi connectivity index (χ2v) is 7.11. The van der Waals surface area contributed by atoms with Gasteiger partial charge in [-0.15, -0.1) is 0 Å². The molecule has 2 heterocycles. The zero-order valence-corrected chi connectivity index (χ0v) is 15.8. The third-order valence-electron chi connectivity index (χ3n) is 4.63. The van der Waals surface area contributed by atoms with E-state index in [4.69, 9.17) is 11.6 Å². The van der Waals surface area contributed by atoms with Gasteiger partial charge in [-0.25, -0.2) is 9.79 Å². The lowest BCUT2D eigenvalue weighted by Gasteiger charge is -2.28. The van der Waals surface area contributed by atoms with Gasteiger partial charge in [0, 0.05) is 11.6 Å². The molecular weight excluding hydrogens is 360 g/mol. The predicted octanol–water partition coefficient (Wildman–Crippen LogP) is 3.18. The van der Waals surface area contributed by atoms with Gasteiger partial charge in [0.1, 0.15) is 5.36 Å². The number of rotatable bonds is 4. The average molecular weight is 379 g/mol. The van der Waals surface area contributed by atoms with Gasteiger partial charge in [-0.2, -0.15) is 4.98 Å². The first-order valence-corrected chi connectivity index (χ1v) is 9.20. The molecule has 2 aromatic carbocycles. The Morgan fingerprint density at radius 1 is 1.19 bits per heavy atom. The molecule has 0 saturated heterocycles. The van der Waals surface area contributed by atoms with Crippen molar-refractivity contribution in [1.82, 2.24) is 9.97 Å². The quantitative estimate of drug-likeness (QED) is 0.758. The van der Waals surface area contributed by atoms with E-state index in [0.717, 1.165) is 41.3 Å². The molecule has 0 unspecified atom stereocenters. The summed E-state index contributed by atoms with van der Waals surface area (Å²) in [6.45, 7) is 6.69. The third kappa shape index (κ3) is 3.51. The van der Waals surface area contributed by atoms with Crippen molar-refractivity contribution in [2.45, 2.75) is 19.8 Å². The van der Waals surface area contributed by atoms with E-state index < -0.39 is 5.69 Å². The number of hydrogen-bond acceptors (Lipinski definition) is 4. The summed E-state index contributed by atoms with van der Waals surface area (Å²) in [6.07, 6.45) is 1.80. The highest BCUT2D eigenvalue weighted by Crippen LogP contribution is 2.35. The van der Waals surface area contributed by atoms with Crippen molar-refractivity contribution in [1.29, 1.82) is 0 Å². The van der Waals surface area contributed by atoms with Crippen molar-refractivity contribution in [2.75, 3.05) is 11.4 Å². The minimum atomic E-state index is -0.409. The summed E-state index contributed by atoms with van der Waals surface area (Å²) in [5.74, 6) is 0.568. The molecule has 1 N–H and O–H groups in total. The lowest BCUT2D eigenvalue weighted by molar-refractivity contribution is 0.784. The van der Waals surface area contributed by atoms with Gasteiger partial charge in [0.25, 0.3) is 0 Å². The number of fused-ring (bicyclic) bond motifs is 2. The van der Waals surface area contributed by atoms with Gasteiger partial charge in [-0.1, -0.05) is 36.4 Å². The Morgan fingerprint density at radius 3 is 2.74 bits per heavy atom. The van der Waals surface area contributed by atoms with Gasteiger partial charge >= 0.3 is 5.69 Å².